The lowest BCUT2D eigenvalue weighted by molar-refractivity contribution is 0.103. The number of amides is 1. The van der Waals surface area contributed by atoms with Gasteiger partial charge in [-0.2, -0.15) is 0 Å². The van der Waals surface area contributed by atoms with Crippen LogP contribution in [0.25, 0.3) is 0 Å². The Labute approximate surface area is 118 Å². The first-order valence-electron chi connectivity index (χ1n) is 6.80. The summed E-state index contributed by atoms with van der Waals surface area (Å²) in [6.07, 6.45) is 1.46. The minimum atomic E-state index is -3.36. The van der Waals surface area contributed by atoms with Gasteiger partial charge >= 0.3 is 6.09 Å². The number of hydrogen-bond acceptors (Lipinski definition) is 3. The van der Waals surface area contributed by atoms with Crippen molar-refractivity contribution in [2.24, 2.45) is 0 Å². The zero-order valence-electron chi connectivity index (χ0n) is 11.0. The molecule has 0 saturated carbocycles. The minimum Gasteiger partial charge on any atom is -0.465 e. The van der Waals surface area contributed by atoms with E-state index in [1.807, 2.05) is 0 Å². The van der Waals surface area contributed by atoms with Gasteiger partial charge in [-0.25, -0.2) is 13.2 Å². The minimum absolute atomic E-state index is 0.144. The molecule has 2 atom stereocenters. The smallest absolute Gasteiger partial charge is 0.407 e. The average molecular weight is 295 g/mol. The Hall–Kier alpha value is -1.56. The van der Waals surface area contributed by atoms with Gasteiger partial charge in [-0.3, -0.25) is 0 Å². The van der Waals surface area contributed by atoms with Gasteiger partial charge in [0.05, 0.1) is 10.1 Å². The molecule has 2 unspecified atom stereocenters. The highest BCUT2D eigenvalue weighted by atomic mass is 32.2. The van der Waals surface area contributed by atoms with E-state index in [2.05, 4.69) is 0 Å². The van der Waals surface area contributed by atoms with Crippen LogP contribution in [-0.4, -0.2) is 41.9 Å². The van der Waals surface area contributed by atoms with Crippen molar-refractivity contribution >= 4 is 15.9 Å². The molecule has 1 N–H and O–H groups in total. The van der Waals surface area contributed by atoms with Crippen LogP contribution in [0.5, 0.6) is 0 Å². The summed E-state index contributed by atoms with van der Waals surface area (Å²) in [5, 5.41) is 8.74. The van der Waals surface area contributed by atoms with Crippen molar-refractivity contribution in [3.63, 3.8) is 0 Å². The molecule has 108 valence electrons. The van der Waals surface area contributed by atoms with Crippen LogP contribution in [0, 0.1) is 0 Å². The van der Waals surface area contributed by atoms with Crippen LogP contribution >= 0.6 is 0 Å². The van der Waals surface area contributed by atoms with Crippen LogP contribution < -0.4 is 0 Å². The number of sulfone groups is 1. The van der Waals surface area contributed by atoms with Gasteiger partial charge in [0.2, 0.25) is 0 Å². The Morgan fingerprint density at radius 3 is 2.15 bits per heavy atom. The molecule has 1 aromatic carbocycles. The van der Waals surface area contributed by atoms with Crippen molar-refractivity contribution in [1.29, 1.82) is 0 Å². The molecular weight excluding hydrogens is 278 g/mol. The summed E-state index contributed by atoms with van der Waals surface area (Å²) < 4.78 is 25.2. The molecule has 2 bridgehead atoms. The summed E-state index contributed by atoms with van der Waals surface area (Å²) in [6, 6.07) is 8.16. The third-order valence-corrected chi connectivity index (χ3v) is 6.61. The molecule has 0 radical (unpaired) electrons. The second kappa shape index (κ2) is 4.77. The van der Waals surface area contributed by atoms with Crippen molar-refractivity contribution < 1.29 is 18.3 Å². The standard InChI is InChI=1S/C14H17NO4S/c16-14(17)15-10-6-7-11(15)9-13(8-10)20(18,19)12-4-2-1-3-5-12/h1-5,10-11,13H,6-9H2,(H,16,17). The van der Waals surface area contributed by atoms with Gasteiger partial charge in [0.15, 0.2) is 9.84 Å². The van der Waals surface area contributed by atoms with Gasteiger partial charge < -0.3 is 10.0 Å². The summed E-state index contributed by atoms with van der Waals surface area (Å²) in [7, 11) is -3.36. The fraction of sp³-hybridized carbons (Fsp3) is 0.500. The highest BCUT2D eigenvalue weighted by Gasteiger charge is 2.47. The first kappa shape index (κ1) is 13.4. The third kappa shape index (κ3) is 2.08. The fourth-order valence-electron chi connectivity index (χ4n) is 3.50. The Kier molecular flexibility index (Phi) is 3.20. The number of piperidine rings is 1. The Balaban J connectivity index is 1.86. The van der Waals surface area contributed by atoms with Gasteiger partial charge in [0, 0.05) is 12.1 Å². The second-order valence-electron chi connectivity index (χ2n) is 5.53. The number of carbonyl (C=O) groups is 1. The summed E-state index contributed by atoms with van der Waals surface area (Å²) in [5.41, 5.74) is 0. The molecule has 2 aliphatic heterocycles. The van der Waals surface area contributed by atoms with Gasteiger partial charge in [-0.05, 0) is 37.8 Å². The lowest BCUT2D eigenvalue weighted by Gasteiger charge is -2.36. The van der Waals surface area contributed by atoms with Crippen LogP contribution in [0.4, 0.5) is 4.79 Å². The molecule has 0 aromatic heterocycles. The molecule has 1 aromatic rings. The molecule has 0 spiro atoms. The SMILES string of the molecule is O=C(O)N1C2CCC1CC(S(=O)(=O)c1ccccc1)C2. The fourth-order valence-corrected chi connectivity index (χ4v) is 5.37. The number of nitrogens with zero attached hydrogens (tertiary/aromatic N) is 1. The van der Waals surface area contributed by atoms with E-state index in [1.54, 1.807) is 30.3 Å². The van der Waals surface area contributed by atoms with Crippen molar-refractivity contribution in [2.45, 2.75) is 47.9 Å². The molecule has 20 heavy (non-hydrogen) atoms. The van der Waals surface area contributed by atoms with Gasteiger partial charge in [-0.1, -0.05) is 18.2 Å². The maximum Gasteiger partial charge on any atom is 0.407 e. The molecular formula is C14H17NO4S. The number of rotatable bonds is 2. The first-order chi connectivity index (χ1) is 9.50. The molecule has 5 nitrogen and oxygen atoms in total. The van der Waals surface area contributed by atoms with Gasteiger partial charge in [0.1, 0.15) is 0 Å². The number of fused-ring (bicyclic) bond motifs is 2. The maximum atomic E-state index is 12.6. The van der Waals surface area contributed by atoms with Crippen LogP contribution in [0.1, 0.15) is 25.7 Å². The maximum absolute atomic E-state index is 12.6. The molecule has 3 rings (SSSR count). The van der Waals surface area contributed by atoms with E-state index >= 15 is 0 Å². The van der Waals surface area contributed by atoms with Crippen molar-refractivity contribution in [3.8, 4) is 0 Å². The predicted octanol–water partition coefficient (Wildman–Crippen LogP) is 2.13. The van der Waals surface area contributed by atoms with E-state index in [0.717, 1.165) is 12.8 Å². The quantitative estimate of drug-likeness (QED) is 0.907. The van der Waals surface area contributed by atoms with E-state index in [4.69, 9.17) is 0 Å². The first-order valence-corrected chi connectivity index (χ1v) is 8.35. The third-order valence-electron chi connectivity index (χ3n) is 4.42. The molecule has 1 amide bonds. The molecule has 0 aliphatic carbocycles. The highest BCUT2D eigenvalue weighted by molar-refractivity contribution is 7.92. The summed E-state index contributed by atoms with van der Waals surface area (Å²) in [4.78, 5) is 13.0. The van der Waals surface area contributed by atoms with Crippen LogP contribution in [0.15, 0.2) is 35.2 Å². The van der Waals surface area contributed by atoms with Crippen molar-refractivity contribution in [3.05, 3.63) is 30.3 Å². The molecule has 2 aliphatic rings. The highest BCUT2D eigenvalue weighted by Crippen LogP contribution is 2.39. The van der Waals surface area contributed by atoms with Crippen molar-refractivity contribution in [2.75, 3.05) is 0 Å². The Morgan fingerprint density at radius 2 is 1.65 bits per heavy atom. The number of carboxylic acid groups (broad SMARTS) is 1. The van der Waals surface area contributed by atoms with E-state index in [1.165, 1.54) is 4.90 Å². The molecule has 2 saturated heterocycles. The largest absolute Gasteiger partial charge is 0.465 e. The number of hydrogen-bond donors (Lipinski definition) is 1. The average Bonchev–Trinajstić information content (AvgIpc) is 2.70. The topological polar surface area (TPSA) is 74.7 Å². The second-order valence-corrected chi connectivity index (χ2v) is 7.75. The summed E-state index contributed by atoms with van der Waals surface area (Å²) in [6.45, 7) is 0. The van der Waals surface area contributed by atoms with Crippen molar-refractivity contribution in [1.82, 2.24) is 4.90 Å². The molecule has 6 heteroatoms. The molecule has 2 heterocycles. The lowest BCUT2D eigenvalue weighted by Crippen LogP contribution is -2.49. The Bertz CT molecular complexity index is 599. The number of benzene rings is 1. The lowest BCUT2D eigenvalue weighted by atomic mass is 10.0. The van der Waals surface area contributed by atoms with Gasteiger partial charge in [-0.15, -0.1) is 0 Å². The predicted molar refractivity (Wildman–Crippen MR) is 73.3 cm³/mol. The van der Waals surface area contributed by atoms with Crippen LogP contribution in [0.2, 0.25) is 0 Å². The van der Waals surface area contributed by atoms with Crippen LogP contribution in [-0.2, 0) is 9.84 Å². The zero-order chi connectivity index (χ0) is 14.3. The summed E-state index contributed by atoms with van der Waals surface area (Å²) in [5.74, 6) is 0. The molecule has 2 fully saturated rings. The van der Waals surface area contributed by atoms with E-state index < -0.39 is 21.2 Å². The van der Waals surface area contributed by atoms with Crippen LogP contribution in [0.3, 0.4) is 0 Å². The van der Waals surface area contributed by atoms with Gasteiger partial charge in [0.25, 0.3) is 0 Å². The zero-order valence-corrected chi connectivity index (χ0v) is 11.8. The summed E-state index contributed by atoms with van der Waals surface area (Å²) >= 11 is 0. The monoisotopic (exact) mass is 295 g/mol. The van der Waals surface area contributed by atoms with E-state index in [0.29, 0.717) is 17.7 Å². The van der Waals surface area contributed by atoms with E-state index in [-0.39, 0.29) is 12.1 Å². The van der Waals surface area contributed by atoms with E-state index in [9.17, 15) is 18.3 Å². The normalized spacial score (nSPS) is 29.4. The Morgan fingerprint density at radius 1 is 1.10 bits per heavy atom.